The Kier molecular flexibility index (Phi) is 6.93. The summed E-state index contributed by atoms with van der Waals surface area (Å²) in [5, 5.41) is 13.7. The third-order valence-corrected chi connectivity index (χ3v) is 5.32. The lowest BCUT2D eigenvalue weighted by Crippen LogP contribution is -2.44. The molecule has 1 aromatic heterocycles. The molecule has 0 aliphatic rings. The minimum Gasteiger partial charge on any atom is -0.421 e. The quantitative estimate of drug-likeness (QED) is 0.375. The summed E-state index contributed by atoms with van der Waals surface area (Å²) in [7, 11) is 0. The van der Waals surface area contributed by atoms with Gasteiger partial charge in [0.2, 0.25) is 5.56 Å². The molecular formula is C25H30N2O4. The van der Waals surface area contributed by atoms with E-state index in [-0.39, 0.29) is 18.2 Å². The molecule has 1 atom stereocenters. The number of aliphatic hydroxyl groups excluding tert-OH is 1. The standard InChI is InChI=1S/C25H30N2O4/c1-5-8-17-9-6-7-10-19(17)24(30)31-21-13-11-18(16(2)27-25(3,4)15-28)20-12-14-22(29)26-23(20)21/h6-7,9-14,16,27-28H,5,8,15H2,1-4H3,(H,26,29). The number of rotatable bonds is 8. The van der Waals surface area contributed by atoms with Crippen LogP contribution in [0.5, 0.6) is 5.75 Å². The van der Waals surface area contributed by atoms with Gasteiger partial charge in [-0.05, 0) is 56.5 Å². The van der Waals surface area contributed by atoms with Gasteiger partial charge in [0.25, 0.3) is 0 Å². The predicted molar refractivity (Wildman–Crippen MR) is 123 cm³/mol. The second-order valence-electron chi connectivity index (χ2n) is 8.47. The molecule has 3 rings (SSSR count). The van der Waals surface area contributed by atoms with Gasteiger partial charge in [-0.15, -0.1) is 0 Å². The smallest absolute Gasteiger partial charge is 0.343 e. The maximum atomic E-state index is 12.9. The third kappa shape index (κ3) is 5.21. The summed E-state index contributed by atoms with van der Waals surface area (Å²) in [6, 6.07) is 14.1. The van der Waals surface area contributed by atoms with Crippen LogP contribution in [-0.2, 0) is 6.42 Å². The SMILES string of the molecule is CCCc1ccccc1C(=O)Oc1ccc(C(C)NC(C)(C)CO)c2ccc(=O)[nH]c12. The van der Waals surface area contributed by atoms with Crippen LogP contribution in [0.2, 0.25) is 0 Å². The summed E-state index contributed by atoms with van der Waals surface area (Å²) in [4.78, 5) is 27.8. The van der Waals surface area contributed by atoms with Crippen LogP contribution in [0.25, 0.3) is 10.9 Å². The van der Waals surface area contributed by atoms with Crippen molar-refractivity contribution in [2.75, 3.05) is 6.61 Å². The topological polar surface area (TPSA) is 91.4 Å². The fourth-order valence-electron chi connectivity index (χ4n) is 3.78. The molecule has 3 N–H and O–H groups in total. The summed E-state index contributed by atoms with van der Waals surface area (Å²) in [5.41, 5.74) is 2.13. The molecule has 0 aliphatic carbocycles. The van der Waals surface area contributed by atoms with E-state index in [1.165, 1.54) is 6.07 Å². The number of benzene rings is 2. The van der Waals surface area contributed by atoms with Gasteiger partial charge in [0, 0.05) is 23.0 Å². The van der Waals surface area contributed by atoms with Crippen molar-refractivity contribution in [2.45, 2.75) is 52.1 Å². The molecular weight excluding hydrogens is 392 g/mol. The number of aliphatic hydroxyl groups is 1. The van der Waals surface area contributed by atoms with Crippen LogP contribution in [0.1, 0.15) is 61.6 Å². The number of nitrogens with one attached hydrogen (secondary N) is 2. The molecule has 6 heteroatoms. The molecule has 0 fully saturated rings. The van der Waals surface area contributed by atoms with Crippen LogP contribution in [0.15, 0.2) is 53.3 Å². The first-order chi connectivity index (χ1) is 14.8. The lowest BCUT2D eigenvalue weighted by atomic mass is 9.98. The van der Waals surface area contributed by atoms with E-state index in [0.717, 1.165) is 29.4 Å². The number of esters is 1. The number of ether oxygens (including phenoxy) is 1. The number of pyridine rings is 1. The second-order valence-corrected chi connectivity index (χ2v) is 8.47. The average Bonchev–Trinajstić information content (AvgIpc) is 2.74. The maximum Gasteiger partial charge on any atom is 0.343 e. The van der Waals surface area contributed by atoms with Gasteiger partial charge in [-0.1, -0.05) is 37.6 Å². The van der Waals surface area contributed by atoms with Crippen LogP contribution >= 0.6 is 0 Å². The molecule has 3 aromatic rings. The molecule has 0 radical (unpaired) electrons. The minimum absolute atomic E-state index is 0.0149. The van der Waals surface area contributed by atoms with Gasteiger partial charge in [-0.25, -0.2) is 4.79 Å². The van der Waals surface area contributed by atoms with E-state index in [0.29, 0.717) is 16.8 Å². The first kappa shape index (κ1) is 22.7. The highest BCUT2D eigenvalue weighted by Crippen LogP contribution is 2.31. The van der Waals surface area contributed by atoms with Crippen molar-refractivity contribution < 1.29 is 14.6 Å². The summed E-state index contributed by atoms with van der Waals surface area (Å²) in [6.45, 7) is 7.87. The number of fused-ring (bicyclic) bond motifs is 1. The number of aromatic nitrogens is 1. The van der Waals surface area contributed by atoms with E-state index in [9.17, 15) is 14.7 Å². The zero-order valence-electron chi connectivity index (χ0n) is 18.5. The van der Waals surface area contributed by atoms with E-state index in [1.54, 1.807) is 18.2 Å². The Labute approximate surface area is 182 Å². The van der Waals surface area contributed by atoms with Gasteiger partial charge in [0.05, 0.1) is 17.7 Å². The van der Waals surface area contributed by atoms with Crippen molar-refractivity contribution in [3.8, 4) is 5.75 Å². The Morgan fingerprint density at radius 1 is 1.16 bits per heavy atom. The molecule has 0 amide bonds. The van der Waals surface area contributed by atoms with Crippen molar-refractivity contribution in [1.82, 2.24) is 10.3 Å². The molecule has 0 saturated heterocycles. The molecule has 0 bridgehead atoms. The highest BCUT2D eigenvalue weighted by Gasteiger charge is 2.22. The van der Waals surface area contributed by atoms with Gasteiger partial charge >= 0.3 is 5.97 Å². The summed E-state index contributed by atoms with van der Waals surface area (Å²) in [6.07, 6.45) is 1.70. The van der Waals surface area contributed by atoms with Crippen LogP contribution in [0, 0.1) is 0 Å². The zero-order chi connectivity index (χ0) is 22.6. The Morgan fingerprint density at radius 2 is 1.90 bits per heavy atom. The minimum atomic E-state index is -0.470. The van der Waals surface area contributed by atoms with Gasteiger partial charge in [-0.2, -0.15) is 0 Å². The monoisotopic (exact) mass is 422 g/mol. The molecule has 31 heavy (non-hydrogen) atoms. The largest absolute Gasteiger partial charge is 0.421 e. The Hall–Kier alpha value is -2.96. The van der Waals surface area contributed by atoms with E-state index in [2.05, 4.69) is 17.2 Å². The van der Waals surface area contributed by atoms with Gasteiger partial charge in [0.1, 0.15) is 0 Å². The molecule has 1 heterocycles. The highest BCUT2D eigenvalue weighted by atomic mass is 16.5. The number of H-pyrrole nitrogens is 1. The molecule has 0 aliphatic heterocycles. The van der Waals surface area contributed by atoms with Crippen LogP contribution < -0.4 is 15.6 Å². The molecule has 164 valence electrons. The van der Waals surface area contributed by atoms with E-state index in [1.807, 2.05) is 45.0 Å². The summed E-state index contributed by atoms with van der Waals surface area (Å²) in [5.74, 6) is -0.142. The fraction of sp³-hybridized carbons (Fsp3) is 0.360. The third-order valence-electron chi connectivity index (χ3n) is 5.32. The maximum absolute atomic E-state index is 12.9. The van der Waals surface area contributed by atoms with Crippen LogP contribution in [0.3, 0.4) is 0 Å². The van der Waals surface area contributed by atoms with E-state index in [4.69, 9.17) is 4.74 Å². The van der Waals surface area contributed by atoms with Crippen molar-refractivity contribution in [3.63, 3.8) is 0 Å². The van der Waals surface area contributed by atoms with E-state index >= 15 is 0 Å². The Bertz CT molecular complexity index is 1130. The number of carbonyl (C=O) groups excluding carboxylic acids is 1. The van der Waals surface area contributed by atoms with Gasteiger partial charge in [0.15, 0.2) is 5.75 Å². The summed E-state index contributed by atoms with van der Waals surface area (Å²) >= 11 is 0. The number of aromatic amines is 1. The van der Waals surface area contributed by atoms with Crippen molar-refractivity contribution in [2.24, 2.45) is 0 Å². The number of carbonyl (C=O) groups is 1. The first-order valence-electron chi connectivity index (χ1n) is 10.6. The van der Waals surface area contributed by atoms with Gasteiger partial charge in [-0.3, -0.25) is 4.79 Å². The number of hydrogen-bond donors (Lipinski definition) is 3. The lowest BCUT2D eigenvalue weighted by Gasteiger charge is -2.29. The Balaban J connectivity index is 2.00. The lowest BCUT2D eigenvalue weighted by molar-refractivity contribution is 0.0735. The first-order valence-corrected chi connectivity index (χ1v) is 10.6. The zero-order valence-corrected chi connectivity index (χ0v) is 18.5. The van der Waals surface area contributed by atoms with Crippen molar-refractivity contribution in [3.05, 3.63) is 75.6 Å². The fourth-order valence-corrected chi connectivity index (χ4v) is 3.78. The highest BCUT2D eigenvalue weighted by molar-refractivity contribution is 5.96. The van der Waals surface area contributed by atoms with Crippen LogP contribution in [-0.4, -0.2) is 28.2 Å². The van der Waals surface area contributed by atoms with Crippen molar-refractivity contribution >= 4 is 16.9 Å². The molecule has 6 nitrogen and oxygen atoms in total. The second kappa shape index (κ2) is 9.45. The molecule has 0 saturated carbocycles. The normalized spacial score (nSPS) is 12.7. The number of hydrogen-bond acceptors (Lipinski definition) is 5. The number of aryl methyl sites for hydroxylation is 1. The molecule has 2 aromatic carbocycles. The average molecular weight is 423 g/mol. The Morgan fingerprint density at radius 3 is 2.61 bits per heavy atom. The van der Waals surface area contributed by atoms with E-state index < -0.39 is 11.5 Å². The van der Waals surface area contributed by atoms with Gasteiger partial charge < -0.3 is 20.1 Å². The predicted octanol–water partition coefficient (Wildman–Crippen LogP) is 4.12. The summed E-state index contributed by atoms with van der Waals surface area (Å²) < 4.78 is 5.74. The van der Waals surface area contributed by atoms with Crippen LogP contribution in [0.4, 0.5) is 0 Å². The molecule has 0 spiro atoms. The molecule has 1 unspecified atom stereocenters. The van der Waals surface area contributed by atoms with Crippen molar-refractivity contribution in [1.29, 1.82) is 0 Å².